The molecule has 6 aromatic carbocycles. The number of hydrogen-bond acceptors (Lipinski definition) is 17. The quantitative estimate of drug-likeness (QED) is 0.0453. The summed E-state index contributed by atoms with van der Waals surface area (Å²) < 4.78 is 72.0. The SMILES string of the molecule is O=C(O[C@H]1[C@H](O[C@@H]2[C@H](O)[C@@H](OCc3ccccc3)O[C@H](CO)[C@H]2O)O[C@@H]([C@H](O)CO)[C@@H]1O[C@H]1O[C@H](COCc2ccccc2)[C@H](OCc2ccccc2)[C@H](OCc2ccccc2)[C@H]1OCc1ccccc1)c1ccccc1. The van der Waals surface area contributed by atoms with Crippen molar-refractivity contribution in [2.45, 2.75) is 125 Å². The molecule has 3 aliphatic rings. The molecular formula is C60H66O17. The van der Waals surface area contributed by atoms with Gasteiger partial charge in [-0.25, -0.2) is 4.79 Å². The minimum Gasteiger partial charge on any atom is -0.450 e. The molecule has 3 saturated heterocycles. The van der Waals surface area contributed by atoms with E-state index in [-0.39, 0.29) is 45.2 Å². The predicted molar refractivity (Wildman–Crippen MR) is 276 cm³/mol. The number of hydrogen-bond donors (Lipinski definition) is 5. The maximum Gasteiger partial charge on any atom is 0.338 e. The summed E-state index contributed by atoms with van der Waals surface area (Å²) in [5.74, 6) is -0.849. The van der Waals surface area contributed by atoms with Crippen LogP contribution in [0.15, 0.2) is 182 Å². The molecule has 0 aliphatic carbocycles. The zero-order chi connectivity index (χ0) is 53.3. The number of esters is 1. The Hall–Kier alpha value is -5.81. The van der Waals surface area contributed by atoms with Crippen LogP contribution < -0.4 is 0 Å². The van der Waals surface area contributed by atoms with Crippen molar-refractivity contribution in [1.82, 2.24) is 0 Å². The Morgan fingerprint density at radius 1 is 0.442 bits per heavy atom. The van der Waals surface area contributed by atoms with Crippen LogP contribution in [0.1, 0.15) is 38.2 Å². The van der Waals surface area contributed by atoms with Gasteiger partial charge in [-0.2, -0.15) is 0 Å². The number of ether oxygens (including phenoxy) is 11. The molecule has 0 amide bonds. The molecule has 17 heteroatoms. The third kappa shape index (κ3) is 14.9. The summed E-state index contributed by atoms with van der Waals surface area (Å²) >= 11 is 0. The van der Waals surface area contributed by atoms with Crippen LogP contribution in [0.4, 0.5) is 0 Å². The van der Waals surface area contributed by atoms with E-state index >= 15 is 0 Å². The van der Waals surface area contributed by atoms with Crippen molar-refractivity contribution in [2.24, 2.45) is 0 Å². The molecule has 0 spiro atoms. The molecule has 3 aliphatic heterocycles. The molecule has 77 heavy (non-hydrogen) atoms. The first kappa shape index (κ1) is 55.9. The lowest BCUT2D eigenvalue weighted by atomic mass is 9.97. The second kappa shape index (κ2) is 28.2. The van der Waals surface area contributed by atoms with Crippen LogP contribution in [-0.4, -0.2) is 143 Å². The van der Waals surface area contributed by atoms with E-state index in [0.29, 0.717) is 0 Å². The Labute approximate surface area is 447 Å². The summed E-state index contributed by atoms with van der Waals surface area (Å²) in [5.41, 5.74) is 4.35. The highest BCUT2D eigenvalue weighted by molar-refractivity contribution is 5.89. The summed E-state index contributed by atoms with van der Waals surface area (Å²) in [6.07, 6.45) is -21.3. The Morgan fingerprint density at radius 3 is 1.38 bits per heavy atom. The fourth-order valence-electron chi connectivity index (χ4n) is 9.49. The lowest BCUT2D eigenvalue weighted by Gasteiger charge is -2.47. The molecular weight excluding hydrogens is 993 g/mol. The molecule has 0 saturated carbocycles. The van der Waals surface area contributed by atoms with E-state index in [1.165, 1.54) is 0 Å². The molecule has 15 atom stereocenters. The van der Waals surface area contributed by atoms with E-state index in [1.54, 1.807) is 30.3 Å². The van der Waals surface area contributed by atoms with Crippen molar-refractivity contribution in [1.29, 1.82) is 0 Å². The molecule has 0 bridgehead atoms. The van der Waals surface area contributed by atoms with E-state index in [0.717, 1.165) is 27.8 Å². The third-order valence-electron chi connectivity index (χ3n) is 13.5. The summed E-state index contributed by atoms with van der Waals surface area (Å²) in [4.78, 5) is 14.3. The van der Waals surface area contributed by atoms with Crippen molar-refractivity contribution >= 4 is 5.97 Å². The van der Waals surface area contributed by atoms with Gasteiger partial charge in [0.05, 0.1) is 58.4 Å². The van der Waals surface area contributed by atoms with Gasteiger partial charge in [-0.05, 0) is 39.9 Å². The Balaban J connectivity index is 1.09. The zero-order valence-corrected chi connectivity index (χ0v) is 42.3. The van der Waals surface area contributed by atoms with Crippen LogP contribution in [0.2, 0.25) is 0 Å². The molecule has 0 aromatic heterocycles. The summed E-state index contributed by atoms with van der Waals surface area (Å²) in [7, 11) is 0. The van der Waals surface area contributed by atoms with Gasteiger partial charge in [0.1, 0.15) is 67.1 Å². The first-order valence-electron chi connectivity index (χ1n) is 25.8. The van der Waals surface area contributed by atoms with E-state index in [1.807, 2.05) is 152 Å². The third-order valence-corrected chi connectivity index (χ3v) is 13.5. The van der Waals surface area contributed by atoms with Gasteiger partial charge in [0.15, 0.2) is 25.0 Å². The molecule has 408 valence electrons. The second-order valence-corrected chi connectivity index (χ2v) is 19.0. The highest BCUT2D eigenvalue weighted by Crippen LogP contribution is 2.39. The highest BCUT2D eigenvalue weighted by atomic mass is 16.8. The fraction of sp³-hybridized carbons (Fsp3) is 0.383. The first-order chi connectivity index (χ1) is 37.8. The van der Waals surface area contributed by atoms with Gasteiger partial charge < -0.3 is 77.6 Å². The molecule has 6 aromatic rings. The lowest BCUT2D eigenvalue weighted by molar-refractivity contribution is -0.342. The number of benzene rings is 6. The molecule has 3 fully saturated rings. The van der Waals surface area contributed by atoms with E-state index in [4.69, 9.17) is 52.1 Å². The van der Waals surface area contributed by atoms with Gasteiger partial charge in [0, 0.05) is 0 Å². The number of carbonyl (C=O) groups is 1. The Morgan fingerprint density at radius 2 is 0.870 bits per heavy atom. The number of aliphatic hydroxyl groups is 5. The average Bonchev–Trinajstić information content (AvgIpc) is 3.88. The fourth-order valence-corrected chi connectivity index (χ4v) is 9.49. The molecule has 0 unspecified atom stereocenters. The van der Waals surface area contributed by atoms with Gasteiger partial charge in [-0.1, -0.05) is 170 Å². The predicted octanol–water partition coefficient (Wildman–Crippen LogP) is 5.41. The van der Waals surface area contributed by atoms with Crippen LogP contribution in [0.25, 0.3) is 0 Å². The van der Waals surface area contributed by atoms with Crippen molar-refractivity contribution in [2.75, 3.05) is 19.8 Å². The minimum atomic E-state index is -1.73. The van der Waals surface area contributed by atoms with Crippen LogP contribution in [0, 0.1) is 0 Å². The minimum absolute atomic E-state index is 0.0111. The van der Waals surface area contributed by atoms with Gasteiger partial charge >= 0.3 is 5.97 Å². The van der Waals surface area contributed by atoms with Crippen molar-refractivity contribution in [3.63, 3.8) is 0 Å². The van der Waals surface area contributed by atoms with Gasteiger partial charge in [-0.3, -0.25) is 0 Å². The number of carbonyl (C=O) groups excluding carboxylic acids is 1. The van der Waals surface area contributed by atoms with Crippen LogP contribution >= 0.6 is 0 Å². The smallest absolute Gasteiger partial charge is 0.338 e. The van der Waals surface area contributed by atoms with Gasteiger partial charge in [-0.15, -0.1) is 0 Å². The van der Waals surface area contributed by atoms with Crippen molar-refractivity contribution in [3.8, 4) is 0 Å². The molecule has 5 N–H and O–H groups in total. The van der Waals surface area contributed by atoms with Crippen LogP contribution in [0.5, 0.6) is 0 Å². The number of rotatable bonds is 25. The zero-order valence-electron chi connectivity index (χ0n) is 42.3. The normalized spacial score (nSPS) is 28.7. The Bertz CT molecular complexity index is 2620. The van der Waals surface area contributed by atoms with Crippen molar-refractivity contribution < 1.29 is 82.4 Å². The molecule has 3 heterocycles. The monoisotopic (exact) mass is 1060 g/mol. The molecule has 17 nitrogen and oxygen atoms in total. The van der Waals surface area contributed by atoms with Crippen molar-refractivity contribution in [3.05, 3.63) is 215 Å². The van der Waals surface area contributed by atoms with Gasteiger partial charge in [0.2, 0.25) is 0 Å². The number of aliphatic hydroxyl groups excluding tert-OH is 5. The molecule has 9 rings (SSSR count). The molecule has 0 radical (unpaired) electrons. The van der Waals surface area contributed by atoms with Crippen LogP contribution in [0.3, 0.4) is 0 Å². The summed E-state index contributed by atoms with van der Waals surface area (Å²) in [6, 6.07) is 55.5. The summed E-state index contributed by atoms with van der Waals surface area (Å²) in [6.45, 7) is -1.07. The van der Waals surface area contributed by atoms with E-state index in [2.05, 4.69) is 0 Å². The topological polar surface area (TPSA) is 220 Å². The average molecular weight is 1060 g/mol. The highest BCUT2D eigenvalue weighted by Gasteiger charge is 2.58. The van der Waals surface area contributed by atoms with E-state index in [9.17, 15) is 30.3 Å². The second-order valence-electron chi connectivity index (χ2n) is 19.0. The van der Waals surface area contributed by atoms with Crippen LogP contribution in [-0.2, 0) is 85.1 Å². The summed E-state index contributed by atoms with van der Waals surface area (Å²) in [5, 5.41) is 56.2. The maximum atomic E-state index is 14.3. The van der Waals surface area contributed by atoms with Gasteiger partial charge in [0.25, 0.3) is 0 Å². The Kier molecular flexibility index (Phi) is 20.5. The largest absolute Gasteiger partial charge is 0.450 e. The van der Waals surface area contributed by atoms with E-state index < -0.39 is 111 Å². The first-order valence-corrected chi connectivity index (χ1v) is 25.8. The standard InChI is InChI=1S/C60H66O17/c61-31-45(63)50-54(56(74-57(66)44-29-17-6-18-30-44)60(75-50)76-52-48(64)46(32-62)72-58(49(52)65)71-37-43-27-15-5-16-28-43)77-59-55(70-36-42-25-13-4-14-26-42)53(69-35-41-23-11-3-12-24-41)51(68-34-40-21-9-2-10-22-40)47(73-59)38-67-33-39-19-7-1-8-20-39/h1-30,45-56,58-65H,31-38H2/t45-,46-,47-,48-,49+,50+,51+,52+,53+,54+,55-,56-,58+,59-,60+/m1/s1. The maximum absolute atomic E-state index is 14.3. The lowest BCUT2D eigenvalue weighted by Crippen LogP contribution is -2.63.